The molecular weight excluding hydrogens is 512 g/mol. The Morgan fingerprint density at radius 2 is 1.59 bits per heavy atom. The monoisotopic (exact) mass is 552 g/mol. The van der Waals surface area contributed by atoms with Crippen molar-refractivity contribution in [2.75, 3.05) is 33.7 Å². The summed E-state index contributed by atoms with van der Waals surface area (Å²) in [7, 11) is 3.84. The minimum atomic E-state index is -0.662. The van der Waals surface area contributed by atoms with Crippen molar-refractivity contribution in [1.29, 1.82) is 0 Å². The molecule has 1 N–H and O–H groups in total. The molecule has 4 rings (SSSR count). The van der Waals surface area contributed by atoms with Crippen LogP contribution in [-0.4, -0.2) is 84.3 Å². The lowest BCUT2D eigenvalue weighted by molar-refractivity contribution is -0.151. The van der Waals surface area contributed by atoms with Gasteiger partial charge in [-0.2, -0.15) is 0 Å². The first-order valence-electron chi connectivity index (χ1n) is 14.1. The van der Waals surface area contributed by atoms with E-state index >= 15 is 0 Å². The molecule has 1 aliphatic heterocycles. The molecule has 0 radical (unpaired) electrons. The van der Waals surface area contributed by atoms with Gasteiger partial charge in [0.1, 0.15) is 6.04 Å². The topological polar surface area (TPSA) is 73.0 Å². The van der Waals surface area contributed by atoms with Gasteiger partial charge in [-0.3, -0.25) is 14.4 Å². The number of carbonyl (C=O) groups is 3. The highest BCUT2D eigenvalue weighted by Crippen LogP contribution is 2.29. The van der Waals surface area contributed by atoms with Crippen LogP contribution >= 0.6 is 11.6 Å². The third kappa shape index (κ3) is 8.29. The van der Waals surface area contributed by atoms with Crippen molar-refractivity contribution in [3.05, 3.63) is 70.7 Å². The molecule has 1 saturated heterocycles. The first-order chi connectivity index (χ1) is 18.8. The summed E-state index contributed by atoms with van der Waals surface area (Å²) in [4.78, 5) is 45.7. The predicted octanol–water partition coefficient (Wildman–Crippen LogP) is 3.93. The van der Waals surface area contributed by atoms with Crippen LogP contribution in [-0.2, 0) is 27.2 Å². The van der Waals surface area contributed by atoms with Gasteiger partial charge in [-0.25, -0.2) is 0 Å². The molecule has 1 aliphatic carbocycles. The Labute approximate surface area is 237 Å². The highest BCUT2D eigenvalue weighted by molar-refractivity contribution is 6.30. The molecule has 3 amide bonds. The largest absolute Gasteiger partial charge is 0.344 e. The molecule has 2 aliphatic rings. The van der Waals surface area contributed by atoms with Gasteiger partial charge in [0, 0.05) is 43.5 Å². The molecule has 2 aromatic carbocycles. The second kappa shape index (κ2) is 13.9. The van der Waals surface area contributed by atoms with E-state index in [0.29, 0.717) is 43.9 Å². The van der Waals surface area contributed by atoms with Crippen LogP contribution in [0.4, 0.5) is 0 Å². The van der Waals surface area contributed by atoms with Crippen LogP contribution in [0, 0.1) is 0 Å². The molecular formula is C31H41ClN4O3. The van der Waals surface area contributed by atoms with E-state index in [-0.39, 0.29) is 29.8 Å². The molecule has 2 fully saturated rings. The molecule has 1 heterocycles. The zero-order valence-electron chi connectivity index (χ0n) is 23.2. The molecule has 0 aromatic heterocycles. The van der Waals surface area contributed by atoms with E-state index in [9.17, 15) is 14.4 Å². The molecule has 1 atom stereocenters. The minimum Gasteiger partial charge on any atom is -0.344 e. The number of hydrogen-bond acceptors (Lipinski definition) is 4. The number of nitrogens with one attached hydrogen (secondary N) is 1. The van der Waals surface area contributed by atoms with Gasteiger partial charge in [0.15, 0.2) is 0 Å². The lowest BCUT2D eigenvalue weighted by Gasteiger charge is -2.49. The molecule has 0 bridgehead atoms. The maximum atomic E-state index is 13.6. The van der Waals surface area contributed by atoms with E-state index in [1.807, 2.05) is 61.5 Å². The van der Waals surface area contributed by atoms with Gasteiger partial charge in [-0.15, -0.1) is 0 Å². The fourth-order valence-electron chi connectivity index (χ4n) is 5.61. The maximum absolute atomic E-state index is 13.6. The SMILES string of the molecule is CN(C)CCC(=O)N[C@H](Cc1ccc(Cl)cc1)C(=O)N1CC(N(C(=O)Cc2ccccc2)C2CCCCC2)C1. The summed E-state index contributed by atoms with van der Waals surface area (Å²) < 4.78 is 0. The Balaban J connectivity index is 1.43. The number of carbonyl (C=O) groups excluding carboxylic acids is 3. The van der Waals surface area contributed by atoms with Crippen molar-refractivity contribution in [3.8, 4) is 0 Å². The molecule has 39 heavy (non-hydrogen) atoms. The zero-order chi connectivity index (χ0) is 27.8. The van der Waals surface area contributed by atoms with Crippen LogP contribution < -0.4 is 5.32 Å². The van der Waals surface area contributed by atoms with Gasteiger partial charge in [0.2, 0.25) is 17.7 Å². The van der Waals surface area contributed by atoms with Crippen LogP contribution in [0.1, 0.15) is 49.7 Å². The molecule has 0 unspecified atom stereocenters. The molecule has 210 valence electrons. The molecule has 1 saturated carbocycles. The van der Waals surface area contributed by atoms with Gasteiger partial charge >= 0.3 is 0 Å². The first-order valence-corrected chi connectivity index (χ1v) is 14.5. The Hall–Kier alpha value is -2.90. The van der Waals surface area contributed by atoms with E-state index in [1.165, 1.54) is 6.42 Å². The first kappa shape index (κ1) is 29.1. The number of halogens is 1. The summed E-state index contributed by atoms with van der Waals surface area (Å²) in [5.41, 5.74) is 1.95. The minimum absolute atomic E-state index is 0.00823. The van der Waals surface area contributed by atoms with Crippen molar-refractivity contribution in [3.63, 3.8) is 0 Å². The standard InChI is InChI=1S/C31H41ClN4O3/c1-34(2)18-17-29(37)33-28(19-24-13-15-25(32)16-14-24)31(39)35-21-27(22-35)36(26-11-7-4-8-12-26)30(38)20-23-9-5-3-6-10-23/h3,5-6,9-10,13-16,26-28H,4,7-8,11-12,17-22H2,1-2H3,(H,33,37)/t28-/m1/s1. The van der Waals surface area contributed by atoms with Gasteiger partial charge in [0.25, 0.3) is 0 Å². The van der Waals surface area contributed by atoms with E-state index in [2.05, 4.69) is 10.2 Å². The lowest BCUT2D eigenvalue weighted by Crippen LogP contribution is -2.67. The summed E-state index contributed by atoms with van der Waals surface area (Å²) in [5, 5.41) is 3.61. The summed E-state index contributed by atoms with van der Waals surface area (Å²) in [6.07, 6.45) is 6.62. The number of hydrogen-bond donors (Lipinski definition) is 1. The van der Waals surface area contributed by atoms with E-state index in [0.717, 1.165) is 36.8 Å². The third-order valence-electron chi connectivity index (χ3n) is 7.79. The zero-order valence-corrected chi connectivity index (χ0v) is 23.9. The average molecular weight is 553 g/mol. The van der Waals surface area contributed by atoms with Gasteiger partial charge in [-0.1, -0.05) is 73.3 Å². The number of likely N-dealkylation sites (tertiary alicyclic amines) is 1. The van der Waals surface area contributed by atoms with Gasteiger partial charge in [0.05, 0.1) is 12.5 Å². The molecule has 7 nitrogen and oxygen atoms in total. The van der Waals surface area contributed by atoms with Crippen LogP contribution in [0.25, 0.3) is 0 Å². The van der Waals surface area contributed by atoms with Gasteiger partial charge in [-0.05, 0) is 50.2 Å². The third-order valence-corrected chi connectivity index (χ3v) is 8.05. The Morgan fingerprint density at radius 1 is 0.923 bits per heavy atom. The Kier molecular flexibility index (Phi) is 10.4. The van der Waals surface area contributed by atoms with Crippen LogP contribution in [0.3, 0.4) is 0 Å². The number of nitrogens with zero attached hydrogens (tertiary/aromatic N) is 3. The number of amides is 3. The van der Waals surface area contributed by atoms with Crippen molar-refractivity contribution in [2.24, 2.45) is 0 Å². The van der Waals surface area contributed by atoms with Crippen molar-refractivity contribution < 1.29 is 14.4 Å². The van der Waals surface area contributed by atoms with Crippen LogP contribution in [0.15, 0.2) is 54.6 Å². The molecule has 2 aromatic rings. The second-order valence-corrected chi connectivity index (χ2v) is 11.6. The average Bonchev–Trinajstić information content (AvgIpc) is 2.90. The van der Waals surface area contributed by atoms with Gasteiger partial charge < -0.3 is 20.0 Å². The van der Waals surface area contributed by atoms with E-state index < -0.39 is 6.04 Å². The summed E-state index contributed by atoms with van der Waals surface area (Å²) in [6, 6.07) is 16.8. The smallest absolute Gasteiger partial charge is 0.245 e. The maximum Gasteiger partial charge on any atom is 0.245 e. The highest BCUT2D eigenvalue weighted by Gasteiger charge is 2.42. The Bertz CT molecular complexity index is 1100. The second-order valence-electron chi connectivity index (χ2n) is 11.2. The van der Waals surface area contributed by atoms with Crippen molar-refractivity contribution in [2.45, 2.75) is 69.5 Å². The van der Waals surface area contributed by atoms with Crippen molar-refractivity contribution >= 4 is 29.3 Å². The normalized spacial score (nSPS) is 17.0. The predicted molar refractivity (Wildman–Crippen MR) is 154 cm³/mol. The number of benzene rings is 2. The van der Waals surface area contributed by atoms with E-state index in [4.69, 9.17) is 11.6 Å². The summed E-state index contributed by atoms with van der Waals surface area (Å²) >= 11 is 6.05. The van der Waals surface area contributed by atoms with E-state index in [1.54, 1.807) is 17.0 Å². The Morgan fingerprint density at radius 3 is 2.23 bits per heavy atom. The lowest BCUT2D eigenvalue weighted by atomic mass is 9.90. The summed E-state index contributed by atoms with van der Waals surface area (Å²) in [6.45, 7) is 1.61. The fourth-order valence-corrected chi connectivity index (χ4v) is 5.73. The summed E-state index contributed by atoms with van der Waals surface area (Å²) in [5.74, 6) is -0.103. The number of rotatable bonds is 11. The van der Waals surface area contributed by atoms with Crippen molar-refractivity contribution in [1.82, 2.24) is 20.0 Å². The quantitative estimate of drug-likeness (QED) is 0.458. The highest BCUT2D eigenvalue weighted by atomic mass is 35.5. The molecule has 0 spiro atoms. The van der Waals surface area contributed by atoms with Crippen LogP contribution in [0.2, 0.25) is 5.02 Å². The fraction of sp³-hybridized carbons (Fsp3) is 0.516. The molecule has 8 heteroatoms. The van der Waals surface area contributed by atoms with Crippen LogP contribution in [0.5, 0.6) is 0 Å².